The third-order valence-corrected chi connectivity index (χ3v) is 6.84. The van der Waals surface area contributed by atoms with Crippen molar-refractivity contribution in [2.24, 2.45) is 0 Å². The van der Waals surface area contributed by atoms with Crippen LogP contribution < -0.4 is 14.9 Å². The van der Waals surface area contributed by atoms with Gasteiger partial charge in [0.2, 0.25) is 21.9 Å². The monoisotopic (exact) mass is 481 g/mol. The molecular weight excluding hydrogens is 454 g/mol. The molecule has 10 heteroatoms. The standard InChI is InChI=1S/C24H27N5O4S/c1-16(2)33-13-12-26-34(31,32)19-10-8-18(9-11-19)27-24-25-15-17-14-22(30)29(3)21-7-5-4-6-20(21)23(17)28-24/h4-11,15-16,26H,12-14H2,1-3H3,(H,25,27,28). The molecule has 0 radical (unpaired) electrons. The van der Waals surface area contributed by atoms with E-state index in [4.69, 9.17) is 4.74 Å². The van der Waals surface area contributed by atoms with Gasteiger partial charge in [0, 0.05) is 36.6 Å². The number of carbonyl (C=O) groups excluding carboxylic acids is 1. The van der Waals surface area contributed by atoms with Crippen molar-refractivity contribution in [2.75, 3.05) is 30.4 Å². The maximum atomic E-state index is 12.5. The minimum absolute atomic E-state index is 0.0308. The van der Waals surface area contributed by atoms with Crippen molar-refractivity contribution in [3.63, 3.8) is 0 Å². The Kier molecular flexibility index (Phi) is 6.92. The number of carbonyl (C=O) groups is 1. The Bertz CT molecular complexity index is 1290. The van der Waals surface area contributed by atoms with Crippen LogP contribution in [-0.2, 0) is 26.0 Å². The fourth-order valence-corrected chi connectivity index (χ4v) is 4.63. The van der Waals surface area contributed by atoms with Crippen LogP contribution in [0.4, 0.5) is 17.3 Å². The third-order valence-electron chi connectivity index (χ3n) is 5.37. The van der Waals surface area contributed by atoms with Crippen molar-refractivity contribution in [2.45, 2.75) is 31.3 Å². The van der Waals surface area contributed by atoms with Gasteiger partial charge in [-0.3, -0.25) is 4.79 Å². The van der Waals surface area contributed by atoms with Crippen LogP contribution >= 0.6 is 0 Å². The van der Waals surface area contributed by atoms with Gasteiger partial charge in [0.25, 0.3) is 0 Å². The molecule has 4 rings (SSSR count). The summed E-state index contributed by atoms with van der Waals surface area (Å²) in [4.78, 5) is 23.3. The van der Waals surface area contributed by atoms with Gasteiger partial charge < -0.3 is 15.0 Å². The summed E-state index contributed by atoms with van der Waals surface area (Å²) in [6.45, 7) is 4.29. The second-order valence-electron chi connectivity index (χ2n) is 8.18. The molecule has 0 saturated carbocycles. The number of rotatable bonds is 8. The molecule has 1 aromatic heterocycles. The van der Waals surface area contributed by atoms with Gasteiger partial charge in [-0.2, -0.15) is 0 Å². The van der Waals surface area contributed by atoms with Crippen molar-refractivity contribution in [1.29, 1.82) is 0 Å². The molecule has 0 bridgehead atoms. The van der Waals surface area contributed by atoms with E-state index in [0.29, 0.717) is 23.9 Å². The fraction of sp³-hybridized carbons (Fsp3) is 0.292. The molecule has 0 atom stereocenters. The number of likely N-dealkylation sites (N-methyl/N-ethyl adjacent to an activating group) is 1. The number of aromatic nitrogens is 2. The fourth-order valence-electron chi connectivity index (χ4n) is 3.61. The lowest BCUT2D eigenvalue weighted by Crippen LogP contribution is -2.28. The highest BCUT2D eigenvalue weighted by Crippen LogP contribution is 2.35. The number of sulfonamides is 1. The topological polar surface area (TPSA) is 114 Å². The third kappa shape index (κ3) is 5.24. The van der Waals surface area contributed by atoms with Gasteiger partial charge in [-0.25, -0.2) is 23.1 Å². The number of para-hydroxylation sites is 1. The van der Waals surface area contributed by atoms with Crippen LogP contribution in [0.25, 0.3) is 11.3 Å². The number of amides is 1. The van der Waals surface area contributed by atoms with Crippen LogP contribution in [0.3, 0.4) is 0 Å². The molecular formula is C24H27N5O4S. The summed E-state index contributed by atoms with van der Waals surface area (Å²) >= 11 is 0. The van der Waals surface area contributed by atoms with Gasteiger partial charge in [0.05, 0.1) is 35.4 Å². The molecule has 34 heavy (non-hydrogen) atoms. The largest absolute Gasteiger partial charge is 0.377 e. The van der Waals surface area contributed by atoms with Crippen molar-refractivity contribution in [1.82, 2.24) is 14.7 Å². The first kappa shape index (κ1) is 23.8. The molecule has 0 fully saturated rings. The molecule has 0 spiro atoms. The highest BCUT2D eigenvalue weighted by atomic mass is 32.2. The highest BCUT2D eigenvalue weighted by molar-refractivity contribution is 7.89. The first-order valence-corrected chi connectivity index (χ1v) is 12.4. The van der Waals surface area contributed by atoms with Crippen LogP contribution in [0.15, 0.2) is 59.6 Å². The van der Waals surface area contributed by atoms with Gasteiger partial charge >= 0.3 is 0 Å². The van der Waals surface area contributed by atoms with Crippen LogP contribution in [-0.4, -0.2) is 50.6 Å². The quantitative estimate of drug-likeness (QED) is 0.475. The molecule has 1 aliphatic rings. The number of benzene rings is 2. The van der Waals surface area contributed by atoms with Crippen LogP contribution in [0.5, 0.6) is 0 Å². The SMILES string of the molecule is CC(C)OCCNS(=O)(=O)c1ccc(Nc2ncc3c(n2)-c2ccccc2N(C)C(=O)C3)cc1. The average Bonchev–Trinajstić information content (AvgIpc) is 2.92. The summed E-state index contributed by atoms with van der Waals surface area (Å²) in [5, 5.41) is 3.12. The molecule has 1 aliphatic heterocycles. The van der Waals surface area contributed by atoms with Crippen molar-refractivity contribution in [3.8, 4) is 11.3 Å². The van der Waals surface area contributed by atoms with E-state index in [9.17, 15) is 13.2 Å². The lowest BCUT2D eigenvalue weighted by atomic mass is 10.1. The number of hydrogen-bond acceptors (Lipinski definition) is 7. The van der Waals surface area contributed by atoms with Gasteiger partial charge in [-0.15, -0.1) is 0 Å². The second kappa shape index (κ2) is 9.88. The Balaban J connectivity index is 1.52. The number of anilines is 3. The first-order chi connectivity index (χ1) is 16.2. The molecule has 2 heterocycles. The van der Waals surface area contributed by atoms with E-state index in [0.717, 1.165) is 16.8 Å². The Morgan fingerprint density at radius 1 is 1.12 bits per heavy atom. The lowest BCUT2D eigenvalue weighted by molar-refractivity contribution is -0.117. The van der Waals surface area contributed by atoms with E-state index in [1.54, 1.807) is 30.3 Å². The Morgan fingerprint density at radius 2 is 1.85 bits per heavy atom. The van der Waals surface area contributed by atoms with Gasteiger partial charge in [-0.1, -0.05) is 18.2 Å². The maximum Gasteiger partial charge on any atom is 0.240 e. The zero-order valence-electron chi connectivity index (χ0n) is 19.3. The molecule has 1 amide bonds. The van der Waals surface area contributed by atoms with Crippen LogP contribution in [0.1, 0.15) is 19.4 Å². The summed E-state index contributed by atoms with van der Waals surface area (Å²) in [6, 6.07) is 13.9. The lowest BCUT2D eigenvalue weighted by Gasteiger charge is -2.16. The Hall–Kier alpha value is -3.34. The first-order valence-electron chi connectivity index (χ1n) is 10.9. The van der Waals surface area contributed by atoms with Crippen molar-refractivity contribution in [3.05, 3.63) is 60.3 Å². The Morgan fingerprint density at radius 3 is 2.59 bits per heavy atom. The minimum Gasteiger partial charge on any atom is -0.377 e. The van der Waals surface area contributed by atoms with E-state index in [2.05, 4.69) is 20.0 Å². The number of fused-ring (bicyclic) bond motifs is 3. The average molecular weight is 482 g/mol. The Labute approximate surface area is 199 Å². The molecule has 9 nitrogen and oxygen atoms in total. The van der Waals surface area contributed by atoms with Crippen molar-refractivity contribution < 1.29 is 17.9 Å². The zero-order valence-corrected chi connectivity index (χ0v) is 20.1. The van der Waals surface area contributed by atoms with E-state index in [1.807, 2.05) is 38.1 Å². The smallest absolute Gasteiger partial charge is 0.240 e. The summed E-state index contributed by atoms with van der Waals surface area (Å²) in [5.41, 5.74) is 3.72. The zero-order chi connectivity index (χ0) is 24.3. The van der Waals surface area contributed by atoms with Crippen LogP contribution in [0.2, 0.25) is 0 Å². The minimum atomic E-state index is -3.63. The van der Waals surface area contributed by atoms with E-state index >= 15 is 0 Å². The van der Waals surface area contributed by atoms with E-state index in [-0.39, 0.29) is 29.9 Å². The normalized spacial score (nSPS) is 13.4. The molecule has 3 aromatic rings. The van der Waals surface area contributed by atoms with E-state index in [1.165, 1.54) is 12.1 Å². The predicted octanol–water partition coefficient (Wildman–Crippen LogP) is 3.11. The molecule has 0 aliphatic carbocycles. The molecule has 2 aromatic carbocycles. The molecule has 178 valence electrons. The van der Waals surface area contributed by atoms with E-state index < -0.39 is 10.0 Å². The molecule has 2 N–H and O–H groups in total. The summed E-state index contributed by atoms with van der Waals surface area (Å²) in [6.07, 6.45) is 1.91. The van der Waals surface area contributed by atoms with Gasteiger partial charge in [0.1, 0.15) is 0 Å². The summed E-state index contributed by atoms with van der Waals surface area (Å²) in [7, 11) is -1.88. The van der Waals surface area contributed by atoms with Gasteiger partial charge in [-0.05, 0) is 44.2 Å². The molecule has 0 unspecified atom stereocenters. The van der Waals surface area contributed by atoms with Crippen LogP contribution in [0, 0.1) is 0 Å². The highest BCUT2D eigenvalue weighted by Gasteiger charge is 2.24. The van der Waals surface area contributed by atoms with Gasteiger partial charge in [0.15, 0.2) is 0 Å². The maximum absolute atomic E-state index is 12.5. The number of nitrogens with one attached hydrogen (secondary N) is 2. The second-order valence-corrected chi connectivity index (χ2v) is 9.95. The molecule has 0 saturated heterocycles. The van der Waals surface area contributed by atoms with Crippen molar-refractivity contribution >= 4 is 33.3 Å². The number of hydrogen-bond donors (Lipinski definition) is 2. The predicted molar refractivity (Wildman–Crippen MR) is 131 cm³/mol. The number of ether oxygens (including phenoxy) is 1. The summed E-state index contributed by atoms with van der Waals surface area (Å²) in [5.74, 6) is 0.321. The number of nitrogens with zero attached hydrogens (tertiary/aromatic N) is 3. The summed E-state index contributed by atoms with van der Waals surface area (Å²) < 4.78 is 32.8.